The standard InChI is InChI=1S/C12H14N2O2S/c1-3-11-13-12(17-14-11)16-10-7-5-9(6-8-10)15-4-2/h5-8H,3-4H2,1-2H3. The van der Waals surface area contributed by atoms with E-state index in [0.717, 1.165) is 23.7 Å². The minimum absolute atomic E-state index is 0.575. The highest BCUT2D eigenvalue weighted by Gasteiger charge is 2.04. The van der Waals surface area contributed by atoms with Gasteiger partial charge in [0.1, 0.15) is 17.3 Å². The van der Waals surface area contributed by atoms with Gasteiger partial charge in [-0.05, 0) is 31.2 Å². The highest BCUT2D eigenvalue weighted by Crippen LogP contribution is 2.25. The highest BCUT2D eigenvalue weighted by molar-refractivity contribution is 7.07. The molecule has 0 radical (unpaired) electrons. The molecular formula is C12H14N2O2S. The summed E-state index contributed by atoms with van der Waals surface area (Å²) in [6.45, 7) is 4.64. The van der Waals surface area contributed by atoms with Gasteiger partial charge in [-0.15, -0.1) is 0 Å². The van der Waals surface area contributed by atoms with Gasteiger partial charge in [0, 0.05) is 18.0 Å². The first-order valence-corrected chi connectivity index (χ1v) is 6.32. The third-order valence-corrected chi connectivity index (χ3v) is 2.74. The second-order valence-corrected chi connectivity index (χ2v) is 4.05. The van der Waals surface area contributed by atoms with Gasteiger partial charge in [-0.1, -0.05) is 6.92 Å². The molecule has 0 spiro atoms. The van der Waals surface area contributed by atoms with E-state index < -0.39 is 0 Å². The van der Waals surface area contributed by atoms with Crippen LogP contribution in [0.15, 0.2) is 24.3 Å². The average molecular weight is 250 g/mol. The number of hydrogen-bond donors (Lipinski definition) is 0. The van der Waals surface area contributed by atoms with E-state index in [9.17, 15) is 0 Å². The lowest BCUT2D eigenvalue weighted by atomic mass is 10.3. The molecule has 1 aromatic heterocycles. The quantitative estimate of drug-likeness (QED) is 0.816. The van der Waals surface area contributed by atoms with Crippen molar-refractivity contribution in [3.05, 3.63) is 30.1 Å². The maximum Gasteiger partial charge on any atom is 0.298 e. The van der Waals surface area contributed by atoms with E-state index in [1.165, 1.54) is 11.5 Å². The Morgan fingerprint density at radius 3 is 2.41 bits per heavy atom. The number of hydrogen-bond acceptors (Lipinski definition) is 5. The number of nitrogens with zero attached hydrogens (tertiary/aromatic N) is 2. The Kier molecular flexibility index (Phi) is 3.93. The molecule has 0 amide bonds. The lowest BCUT2D eigenvalue weighted by molar-refractivity contribution is 0.339. The fraction of sp³-hybridized carbons (Fsp3) is 0.333. The zero-order valence-corrected chi connectivity index (χ0v) is 10.7. The van der Waals surface area contributed by atoms with Gasteiger partial charge in [0.15, 0.2) is 0 Å². The zero-order chi connectivity index (χ0) is 12.1. The first-order chi connectivity index (χ1) is 8.31. The zero-order valence-electron chi connectivity index (χ0n) is 9.84. The van der Waals surface area contributed by atoms with Crippen molar-refractivity contribution >= 4 is 11.5 Å². The number of benzene rings is 1. The first-order valence-electron chi connectivity index (χ1n) is 5.55. The summed E-state index contributed by atoms with van der Waals surface area (Å²) in [5.41, 5.74) is 0. The molecule has 2 rings (SSSR count). The number of rotatable bonds is 5. The van der Waals surface area contributed by atoms with Crippen LogP contribution in [-0.4, -0.2) is 16.0 Å². The molecule has 0 aliphatic heterocycles. The van der Waals surface area contributed by atoms with Crippen LogP contribution in [-0.2, 0) is 6.42 Å². The largest absolute Gasteiger partial charge is 0.494 e. The molecule has 0 atom stereocenters. The minimum Gasteiger partial charge on any atom is -0.494 e. The van der Waals surface area contributed by atoms with E-state index in [-0.39, 0.29) is 0 Å². The van der Waals surface area contributed by atoms with Crippen molar-refractivity contribution in [3.63, 3.8) is 0 Å². The second-order valence-electron chi connectivity index (χ2n) is 3.34. The summed E-state index contributed by atoms with van der Waals surface area (Å²) in [6, 6.07) is 7.47. The van der Waals surface area contributed by atoms with Crippen LogP contribution in [0.5, 0.6) is 16.7 Å². The molecule has 4 nitrogen and oxygen atoms in total. The topological polar surface area (TPSA) is 44.2 Å². The van der Waals surface area contributed by atoms with E-state index in [2.05, 4.69) is 9.36 Å². The number of aromatic nitrogens is 2. The van der Waals surface area contributed by atoms with Crippen molar-refractivity contribution in [2.24, 2.45) is 0 Å². The van der Waals surface area contributed by atoms with Crippen LogP contribution in [0.3, 0.4) is 0 Å². The van der Waals surface area contributed by atoms with Gasteiger partial charge in [0.2, 0.25) is 0 Å². The van der Waals surface area contributed by atoms with Crippen LogP contribution in [0.1, 0.15) is 19.7 Å². The average Bonchev–Trinajstić information content (AvgIpc) is 2.80. The van der Waals surface area contributed by atoms with Crippen LogP contribution < -0.4 is 9.47 Å². The SMILES string of the molecule is CCOc1ccc(Oc2nc(CC)ns2)cc1. The molecule has 1 aromatic carbocycles. The fourth-order valence-corrected chi connectivity index (χ4v) is 1.93. The minimum atomic E-state index is 0.575. The summed E-state index contributed by atoms with van der Waals surface area (Å²) in [7, 11) is 0. The van der Waals surface area contributed by atoms with Crippen molar-refractivity contribution in [2.45, 2.75) is 20.3 Å². The molecule has 0 aliphatic rings. The van der Waals surface area contributed by atoms with Gasteiger partial charge >= 0.3 is 0 Å². The summed E-state index contributed by atoms with van der Waals surface area (Å²) in [5, 5.41) is 0.575. The molecule has 0 fully saturated rings. The van der Waals surface area contributed by atoms with Crippen molar-refractivity contribution in [1.82, 2.24) is 9.36 Å². The van der Waals surface area contributed by atoms with Crippen molar-refractivity contribution in [2.75, 3.05) is 6.61 Å². The van der Waals surface area contributed by atoms with Gasteiger partial charge < -0.3 is 9.47 Å². The molecule has 0 N–H and O–H groups in total. The van der Waals surface area contributed by atoms with Crippen LogP contribution >= 0.6 is 11.5 Å². The molecule has 17 heavy (non-hydrogen) atoms. The molecule has 0 bridgehead atoms. The fourth-order valence-electron chi connectivity index (χ4n) is 1.29. The summed E-state index contributed by atoms with van der Waals surface area (Å²) < 4.78 is 15.1. The number of ether oxygens (including phenoxy) is 2. The molecule has 0 unspecified atom stereocenters. The Bertz CT molecular complexity index is 468. The lowest BCUT2D eigenvalue weighted by Crippen LogP contribution is -1.91. The molecule has 1 heterocycles. The van der Waals surface area contributed by atoms with E-state index in [1.54, 1.807) is 0 Å². The Hall–Kier alpha value is -1.62. The van der Waals surface area contributed by atoms with Gasteiger partial charge in [-0.2, -0.15) is 9.36 Å². The van der Waals surface area contributed by atoms with Gasteiger partial charge in [0.05, 0.1) is 6.61 Å². The number of aryl methyl sites for hydroxylation is 1. The summed E-state index contributed by atoms with van der Waals surface area (Å²) in [6.07, 6.45) is 0.823. The lowest BCUT2D eigenvalue weighted by Gasteiger charge is -2.04. The molecule has 90 valence electrons. The van der Waals surface area contributed by atoms with Crippen molar-refractivity contribution in [1.29, 1.82) is 0 Å². The molecule has 0 saturated carbocycles. The maximum atomic E-state index is 5.58. The molecular weight excluding hydrogens is 236 g/mol. The maximum absolute atomic E-state index is 5.58. The molecule has 5 heteroatoms. The second kappa shape index (κ2) is 5.63. The van der Waals surface area contributed by atoms with E-state index in [4.69, 9.17) is 9.47 Å². The monoisotopic (exact) mass is 250 g/mol. The summed E-state index contributed by atoms with van der Waals surface area (Å²) in [5.74, 6) is 2.40. The van der Waals surface area contributed by atoms with Crippen LogP contribution in [0, 0.1) is 0 Å². The highest BCUT2D eigenvalue weighted by atomic mass is 32.1. The van der Waals surface area contributed by atoms with E-state index in [0.29, 0.717) is 11.8 Å². The third-order valence-electron chi connectivity index (χ3n) is 2.11. The predicted octanol–water partition coefficient (Wildman–Crippen LogP) is 3.29. The van der Waals surface area contributed by atoms with Crippen LogP contribution in [0.4, 0.5) is 0 Å². The van der Waals surface area contributed by atoms with Gasteiger partial charge in [-0.25, -0.2) is 0 Å². The Balaban J connectivity index is 2.03. The predicted molar refractivity (Wildman–Crippen MR) is 67.0 cm³/mol. The van der Waals surface area contributed by atoms with Crippen molar-refractivity contribution < 1.29 is 9.47 Å². The van der Waals surface area contributed by atoms with Gasteiger partial charge in [0.25, 0.3) is 5.19 Å². The first kappa shape index (κ1) is 11.9. The Morgan fingerprint density at radius 2 is 1.82 bits per heavy atom. The van der Waals surface area contributed by atoms with Crippen molar-refractivity contribution in [3.8, 4) is 16.7 Å². The van der Waals surface area contributed by atoms with Crippen LogP contribution in [0.25, 0.3) is 0 Å². The third kappa shape index (κ3) is 3.17. The Labute approximate surface area is 104 Å². The van der Waals surface area contributed by atoms with E-state index in [1.807, 2.05) is 38.1 Å². The van der Waals surface area contributed by atoms with E-state index >= 15 is 0 Å². The molecule has 2 aromatic rings. The molecule has 0 saturated heterocycles. The molecule has 0 aliphatic carbocycles. The van der Waals surface area contributed by atoms with Gasteiger partial charge in [-0.3, -0.25) is 0 Å². The summed E-state index contributed by atoms with van der Waals surface area (Å²) >= 11 is 1.27. The normalized spacial score (nSPS) is 10.2. The smallest absolute Gasteiger partial charge is 0.298 e. The summed E-state index contributed by atoms with van der Waals surface area (Å²) in [4.78, 5) is 4.24. The Morgan fingerprint density at radius 1 is 1.12 bits per heavy atom. The van der Waals surface area contributed by atoms with Crippen LogP contribution in [0.2, 0.25) is 0 Å².